The smallest absolute Gasteiger partial charge is 0.290 e. The van der Waals surface area contributed by atoms with Gasteiger partial charge in [-0.25, -0.2) is 0 Å². The number of amides is 3. The van der Waals surface area contributed by atoms with Crippen molar-refractivity contribution < 1.29 is 19.2 Å². The molecular weight excluding hydrogens is 418 g/mol. The normalized spacial score (nSPS) is 16.2. The number of hydrogen-bond acceptors (Lipinski definition) is 4. The van der Waals surface area contributed by atoms with Gasteiger partial charge in [-0.15, -0.1) is 0 Å². The second kappa shape index (κ2) is 12.0. The van der Waals surface area contributed by atoms with Crippen LogP contribution in [-0.4, -0.2) is 41.1 Å². The number of carbonyl (C=O) groups is 4. The van der Waals surface area contributed by atoms with Crippen molar-refractivity contribution in [1.82, 2.24) is 16.0 Å². The lowest BCUT2D eigenvalue weighted by Crippen LogP contribution is -2.56. The molecule has 182 valence electrons. The Balaban J connectivity index is 2.18. The average Bonchev–Trinajstić information content (AvgIpc) is 3.26. The molecule has 0 aliphatic heterocycles. The summed E-state index contributed by atoms with van der Waals surface area (Å²) < 4.78 is 0. The minimum atomic E-state index is -1.03. The van der Waals surface area contributed by atoms with E-state index in [2.05, 4.69) is 16.0 Å². The second-order valence-electron chi connectivity index (χ2n) is 10.5. The zero-order valence-corrected chi connectivity index (χ0v) is 20.6. The van der Waals surface area contributed by atoms with E-state index in [1.54, 1.807) is 20.8 Å². The highest BCUT2D eigenvalue weighted by Gasteiger charge is 2.33. The van der Waals surface area contributed by atoms with Gasteiger partial charge in [-0.2, -0.15) is 0 Å². The van der Waals surface area contributed by atoms with Crippen molar-refractivity contribution >= 4 is 23.5 Å². The van der Waals surface area contributed by atoms with Crippen LogP contribution in [0.15, 0.2) is 30.3 Å². The van der Waals surface area contributed by atoms with E-state index in [0.29, 0.717) is 6.42 Å². The van der Waals surface area contributed by atoms with E-state index < -0.39 is 35.2 Å². The van der Waals surface area contributed by atoms with Gasteiger partial charge >= 0.3 is 0 Å². The van der Waals surface area contributed by atoms with Crippen LogP contribution in [0, 0.1) is 11.8 Å². The largest absolute Gasteiger partial charge is 0.345 e. The molecule has 0 saturated heterocycles. The summed E-state index contributed by atoms with van der Waals surface area (Å²) >= 11 is 0. The van der Waals surface area contributed by atoms with Gasteiger partial charge in [-0.3, -0.25) is 19.2 Å². The first-order valence-electron chi connectivity index (χ1n) is 12.0. The topological polar surface area (TPSA) is 104 Å². The molecule has 0 radical (unpaired) electrons. The summed E-state index contributed by atoms with van der Waals surface area (Å²) in [4.78, 5) is 51.5. The van der Waals surface area contributed by atoms with Gasteiger partial charge in [0.15, 0.2) is 0 Å². The molecule has 0 bridgehead atoms. The predicted molar refractivity (Wildman–Crippen MR) is 128 cm³/mol. The van der Waals surface area contributed by atoms with Gasteiger partial charge < -0.3 is 16.0 Å². The Morgan fingerprint density at radius 3 is 2.09 bits per heavy atom. The number of benzene rings is 1. The van der Waals surface area contributed by atoms with E-state index >= 15 is 0 Å². The van der Waals surface area contributed by atoms with Crippen LogP contribution < -0.4 is 16.0 Å². The Morgan fingerprint density at radius 1 is 0.939 bits per heavy atom. The maximum Gasteiger partial charge on any atom is 0.290 e. The Kier molecular flexibility index (Phi) is 9.62. The number of nitrogens with one attached hydrogen (secondary N) is 3. The molecule has 3 amide bonds. The Bertz CT molecular complexity index is 824. The number of rotatable bonds is 10. The third-order valence-electron chi connectivity index (χ3n) is 5.69. The molecule has 7 heteroatoms. The number of Topliss-reactive ketones (excluding diaryl/α,β-unsaturated/α-hetero) is 1. The molecule has 2 atom stereocenters. The molecule has 1 aliphatic carbocycles. The summed E-state index contributed by atoms with van der Waals surface area (Å²) in [6.45, 7) is 9.33. The lowest BCUT2D eigenvalue weighted by Gasteiger charge is -2.26. The number of carbonyl (C=O) groups excluding carboxylic acids is 4. The van der Waals surface area contributed by atoms with Crippen LogP contribution in [0.25, 0.3) is 0 Å². The van der Waals surface area contributed by atoms with Gasteiger partial charge in [0.25, 0.3) is 5.91 Å². The molecule has 1 saturated carbocycles. The Morgan fingerprint density at radius 2 is 1.55 bits per heavy atom. The molecule has 33 heavy (non-hydrogen) atoms. The maximum absolute atomic E-state index is 13.2. The van der Waals surface area contributed by atoms with Gasteiger partial charge in [0.1, 0.15) is 12.1 Å². The summed E-state index contributed by atoms with van der Waals surface area (Å²) in [7, 11) is 0. The quantitative estimate of drug-likeness (QED) is 0.470. The molecule has 1 aromatic carbocycles. The molecule has 1 unspecified atom stereocenters. The molecule has 0 aromatic heterocycles. The van der Waals surface area contributed by atoms with Crippen LogP contribution in [0.2, 0.25) is 0 Å². The molecule has 1 aliphatic rings. The maximum atomic E-state index is 13.2. The van der Waals surface area contributed by atoms with E-state index in [1.165, 1.54) is 0 Å². The van der Waals surface area contributed by atoms with Crippen LogP contribution in [-0.2, 0) is 25.6 Å². The first kappa shape index (κ1) is 26.6. The van der Waals surface area contributed by atoms with Crippen molar-refractivity contribution in [3.05, 3.63) is 35.9 Å². The summed E-state index contributed by atoms with van der Waals surface area (Å²) in [5.74, 6) is -1.88. The van der Waals surface area contributed by atoms with Crippen molar-refractivity contribution in [2.24, 2.45) is 11.8 Å². The van der Waals surface area contributed by atoms with Gasteiger partial charge in [0.05, 0.1) is 0 Å². The minimum Gasteiger partial charge on any atom is -0.345 e. The van der Waals surface area contributed by atoms with Gasteiger partial charge in [0.2, 0.25) is 17.6 Å². The summed E-state index contributed by atoms with van der Waals surface area (Å²) in [6, 6.07) is 7.47. The third kappa shape index (κ3) is 8.98. The molecule has 0 spiro atoms. The number of ketones is 1. The molecule has 1 aromatic rings. The lowest BCUT2D eigenvalue weighted by molar-refractivity contribution is -0.141. The standard InChI is InChI=1S/C26H39N3O4/c1-17(2)15-21(28-23(31)19-13-9-10-14-19)24(32)27-20(16-18-11-7-6-8-12-18)22(30)25(33)29-26(3,4)5/h6-8,11-12,17,19-21H,9-10,13-16H2,1-5H3,(H,27,32)(H,28,31)(H,29,33)/t20?,21-/m0/s1. The van der Waals surface area contributed by atoms with Crippen molar-refractivity contribution in [3.63, 3.8) is 0 Å². The highest BCUT2D eigenvalue weighted by atomic mass is 16.2. The summed E-state index contributed by atoms with van der Waals surface area (Å²) in [5, 5.41) is 8.35. The van der Waals surface area contributed by atoms with Gasteiger partial charge in [-0.1, -0.05) is 57.0 Å². The Hall–Kier alpha value is -2.70. The highest BCUT2D eigenvalue weighted by molar-refractivity contribution is 6.38. The molecule has 0 heterocycles. The van der Waals surface area contributed by atoms with Crippen LogP contribution in [0.1, 0.15) is 72.3 Å². The van der Waals surface area contributed by atoms with E-state index in [4.69, 9.17) is 0 Å². The number of hydrogen-bond donors (Lipinski definition) is 3. The van der Waals surface area contributed by atoms with Crippen molar-refractivity contribution in [1.29, 1.82) is 0 Å². The SMILES string of the molecule is CC(C)C[C@H](NC(=O)C1CCCC1)C(=O)NC(Cc1ccccc1)C(=O)C(=O)NC(C)(C)C. The molecule has 1 fully saturated rings. The third-order valence-corrected chi connectivity index (χ3v) is 5.69. The zero-order chi connectivity index (χ0) is 24.6. The predicted octanol–water partition coefficient (Wildman–Crippen LogP) is 2.92. The van der Waals surface area contributed by atoms with Crippen molar-refractivity contribution in [2.45, 2.75) is 90.8 Å². The Labute approximate surface area is 197 Å². The van der Waals surface area contributed by atoms with Gasteiger partial charge in [-0.05, 0) is 51.5 Å². The average molecular weight is 458 g/mol. The van der Waals surface area contributed by atoms with Crippen LogP contribution in [0.4, 0.5) is 0 Å². The summed E-state index contributed by atoms with van der Waals surface area (Å²) in [6.07, 6.45) is 4.36. The van der Waals surface area contributed by atoms with Crippen LogP contribution >= 0.6 is 0 Å². The zero-order valence-electron chi connectivity index (χ0n) is 20.6. The fraction of sp³-hybridized carbons (Fsp3) is 0.615. The fourth-order valence-electron chi connectivity index (χ4n) is 4.07. The fourth-order valence-corrected chi connectivity index (χ4v) is 4.07. The second-order valence-corrected chi connectivity index (χ2v) is 10.5. The van der Waals surface area contributed by atoms with Gasteiger partial charge in [0, 0.05) is 17.9 Å². The molecule has 3 N–H and O–H groups in total. The van der Waals surface area contributed by atoms with Crippen molar-refractivity contribution in [3.8, 4) is 0 Å². The lowest BCUT2D eigenvalue weighted by atomic mass is 9.98. The minimum absolute atomic E-state index is 0.0632. The summed E-state index contributed by atoms with van der Waals surface area (Å²) in [5.41, 5.74) is 0.249. The van der Waals surface area contributed by atoms with E-state index in [9.17, 15) is 19.2 Å². The molecule has 7 nitrogen and oxygen atoms in total. The monoisotopic (exact) mass is 457 g/mol. The highest BCUT2D eigenvalue weighted by Crippen LogP contribution is 2.25. The van der Waals surface area contributed by atoms with E-state index in [-0.39, 0.29) is 24.2 Å². The first-order chi connectivity index (χ1) is 15.5. The van der Waals surface area contributed by atoms with E-state index in [0.717, 1.165) is 31.2 Å². The van der Waals surface area contributed by atoms with Crippen LogP contribution in [0.3, 0.4) is 0 Å². The molecule has 2 rings (SSSR count). The van der Waals surface area contributed by atoms with Crippen molar-refractivity contribution in [2.75, 3.05) is 0 Å². The molecular formula is C26H39N3O4. The van der Waals surface area contributed by atoms with E-state index in [1.807, 2.05) is 44.2 Å². The first-order valence-corrected chi connectivity index (χ1v) is 12.0. The van der Waals surface area contributed by atoms with Crippen LogP contribution in [0.5, 0.6) is 0 Å².